The van der Waals surface area contributed by atoms with Gasteiger partial charge >= 0.3 is 11.9 Å². The average Bonchev–Trinajstić information content (AvgIpc) is 2.97. The van der Waals surface area contributed by atoms with Crippen molar-refractivity contribution in [3.05, 3.63) is 16.0 Å². The first-order chi connectivity index (χ1) is 12.9. The number of piperidine rings is 1. The molecule has 3 N–H and O–H groups in total. The van der Waals surface area contributed by atoms with Crippen molar-refractivity contribution in [2.75, 3.05) is 39.1 Å². The Morgan fingerprint density at radius 2 is 1.96 bits per heavy atom. The lowest BCUT2D eigenvalue weighted by atomic mass is 9.97. The molecule has 0 aliphatic carbocycles. The molecule has 0 unspecified atom stereocenters. The molecule has 1 aliphatic rings. The SMILES string of the molecule is CCOC(=O)c1c(N)sc(C(=O)NC)c1CN1CCC[C@H](C(=O)OCC)C1. The van der Waals surface area contributed by atoms with Crippen molar-refractivity contribution in [2.24, 2.45) is 5.92 Å². The van der Waals surface area contributed by atoms with Gasteiger partial charge in [0.05, 0.1) is 29.6 Å². The number of carbonyl (C=O) groups is 3. The molecule has 1 aromatic heterocycles. The Hall–Kier alpha value is -2.13. The molecule has 0 bridgehead atoms. The van der Waals surface area contributed by atoms with E-state index >= 15 is 0 Å². The summed E-state index contributed by atoms with van der Waals surface area (Å²) in [7, 11) is 1.53. The average molecular weight is 397 g/mol. The number of ether oxygens (including phenoxy) is 2. The number of thiophene rings is 1. The van der Waals surface area contributed by atoms with Crippen LogP contribution in [0.5, 0.6) is 0 Å². The summed E-state index contributed by atoms with van der Waals surface area (Å²) in [6, 6.07) is 0. The highest BCUT2D eigenvalue weighted by atomic mass is 32.1. The number of rotatable bonds is 7. The highest BCUT2D eigenvalue weighted by molar-refractivity contribution is 7.18. The third kappa shape index (κ3) is 4.98. The van der Waals surface area contributed by atoms with E-state index in [1.54, 1.807) is 13.8 Å². The van der Waals surface area contributed by atoms with Gasteiger partial charge in [0.2, 0.25) is 0 Å². The topological polar surface area (TPSA) is 111 Å². The number of hydrogen-bond acceptors (Lipinski definition) is 8. The Morgan fingerprint density at radius 1 is 1.26 bits per heavy atom. The minimum atomic E-state index is -0.532. The van der Waals surface area contributed by atoms with Crippen LogP contribution in [0.3, 0.4) is 0 Å². The van der Waals surface area contributed by atoms with Gasteiger partial charge in [0.1, 0.15) is 5.00 Å². The van der Waals surface area contributed by atoms with Gasteiger partial charge in [0, 0.05) is 25.7 Å². The number of carbonyl (C=O) groups excluding carboxylic acids is 3. The van der Waals surface area contributed by atoms with E-state index in [0.717, 1.165) is 30.7 Å². The largest absolute Gasteiger partial charge is 0.466 e. The molecule has 0 spiro atoms. The van der Waals surface area contributed by atoms with Crippen LogP contribution in [0.2, 0.25) is 0 Å². The Kier molecular flexibility index (Phi) is 7.61. The molecule has 0 radical (unpaired) electrons. The van der Waals surface area contributed by atoms with Gasteiger partial charge in [-0.1, -0.05) is 0 Å². The number of likely N-dealkylation sites (tertiary alicyclic amines) is 1. The fraction of sp³-hybridized carbons (Fsp3) is 0.611. The van der Waals surface area contributed by atoms with E-state index in [9.17, 15) is 14.4 Å². The van der Waals surface area contributed by atoms with Crippen LogP contribution in [0.15, 0.2) is 0 Å². The molecule has 8 nitrogen and oxygen atoms in total. The van der Waals surface area contributed by atoms with Gasteiger partial charge in [-0.3, -0.25) is 14.5 Å². The fourth-order valence-electron chi connectivity index (χ4n) is 3.23. The van der Waals surface area contributed by atoms with Crippen molar-refractivity contribution in [1.82, 2.24) is 10.2 Å². The summed E-state index contributed by atoms with van der Waals surface area (Å²) in [5.41, 5.74) is 6.84. The van der Waals surface area contributed by atoms with Crippen molar-refractivity contribution in [3.63, 3.8) is 0 Å². The Morgan fingerprint density at radius 3 is 2.59 bits per heavy atom. The number of hydrogen-bond donors (Lipinski definition) is 2. The lowest BCUT2D eigenvalue weighted by molar-refractivity contribution is -0.150. The van der Waals surface area contributed by atoms with E-state index < -0.39 is 5.97 Å². The number of anilines is 1. The molecule has 2 rings (SSSR count). The van der Waals surface area contributed by atoms with E-state index in [1.807, 2.05) is 0 Å². The molecule has 1 aromatic rings. The van der Waals surface area contributed by atoms with Crippen LogP contribution < -0.4 is 11.1 Å². The molecule has 1 saturated heterocycles. The summed E-state index contributed by atoms with van der Waals surface area (Å²) in [6.45, 7) is 5.70. The number of nitrogen functional groups attached to an aromatic ring is 1. The quantitative estimate of drug-likeness (QED) is 0.673. The van der Waals surface area contributed by atoms with Gasteiger partial charge in [-0.15, -0.1) is 11.3 Å². The first-order valence-electron chi connectivity index (χ1n) is 9.12. The van der Waals surface area contributed by atoms with E-state index in [-0.39, 0.29) is 35.0 Å². The third-order valence-corrected chi connectivity index (χ3v) is 5.51. The van der Waals surface area contributed by atoms with Gasteiger partial charge < -0.3 is 20.5 Å². The highest BCUT2D eigenvalue weighted by Gasteiger charge is 2.31. The van der Waals surface area contributed by atoms with Crippen LogP contribution in [0.4, 0.5) is 5.00 Å². The first kappa shape index (κ1) is 21.2. The standard InChI is InChI=1S/C18H27N3O5S/c1-4-25-17(23)11-7-6-8-21(9-11)10-12-13(18(24)26-5-2)15(19)27-14(12)16(22)20-3/h11H,4-10,19H2,1-3H3,(H,20,22)/t11-/m0/s1. The van der Waals surface area contributed by atoms with Gasteiger partial charge in [-0.05, 0) is 33.2 Å². The predicted octanol–water partition coefficient (Wildman–Crippen LogP) is 1.64. The van der Waals surface area contributed by atoms with Crippen molar-refractivity contribution >= 4 is 34.2 Å². The van der Waals surface area contributed by atoms with Gasteiger partial charge in [0.15, 0.2) is 0 Å². The van der Waals surface area contributed by atoms with E-state index in [1.165, 1.54) is 7.05 Å². The maximum absolute atomic E-state index is 12.4. The van der Waals surface area contributed by atoms with Crippen LogP contribution in [0, 0.1) is 5.92 Å². The molecule has 1 fully saturated rings. The monoisotopic (exact) mass is 397 g/mol. The zero-order chi connectivity index (χ0) is 20.0. The highest BCUT2D eigenvalue weighted by Crippen LogP contribution is 2.34. The lowest BCUT2D eigenvalue weighted by Crippen LogP contribution is -2.39. The summed E-state index contributed by atoms with van der Waals surface area (Å²) in [5.74, 6) is -1.24. The van der Waals surface area contributed by atoms with E-state index in [4.69, 9.17) is 15.2 Å². The molecule has 27 heavy (non-hydrogen) atoms. The summed E-state index contributed by atoms with van der Waals surface area (Å²) in [5, 5.41) is 2.85. The minimum Gasteiger partial charge on any atom is -0.466 e. The van der Waals surface area contributed by atoms with E-state index in [2.05, 4.69) is 10.2 Å². The zero-order valence-electron chi connectivity index (χ0n) is 16.0. The van der Waals surface area contributed by atoms with Crippen LogP contribution in [-0.4, -0.2) is 56.1 Å². The summed E-state index contributed by atoms with van der Waals surface area (Å²) in [6.07, 6.45) is 1.61. The molecular weight excluding hydrogens is 370 g/mol. The second-order valence-electron chi connectivity index (χ2n) is 6.27. The van der Waals surface area contributed by atoms with Crippen LogP contribution in [-0.2, 0) is 20.8 Å². The molecule has 1 atom stereocenters. The number of nitrogens with two attached hydrogens (primary N) is 1. The molecule has 2 heterocycles. The van der Waals surface area contributed by atoms with E-state index in [0.29, 0.717) is 30.1 Å². The van der Waals surface area contributed by atoms with Crippen LogP contribution >= 0.6 is 11.3 Å². The molecular formula is C18H27N3O5S. The molecule has 9 heteroatoms. The summed E-state index contributed by atoms with van der Waals surface area (Å²) < 4.78 is 10.3. The lowest BCUT2D eigenvalue weighted by Gasteiger charge is -2.31. The fourth-order valence-corrected chi connectivity index (χ4v) is 4.25. The second kappa shape index (κ2) is 9.70. The number of amides is 1. The van der Waals surface area contributed by atoms with Crippen LogP contribution in [0.25, 0.3) is 0 Å². The Bertz CT molecular complexity index is 703. The van der Waals surface area contributed by atoms with Crippen molar-refractivity contribution in [3.8, 4) is 0 Å². The first-order valence-corrected chi connectivity index (χ1v) is 9.93. The number of esters is 2. The molecule has 0 saturated carbocycles. The number of nitrogens with one attached hydrogen (secondary N) is 1. The second-order valence-corrected chi connectivity index (χ2v) is 7.33. The molecule has 150 valence electrons. The zero-order valence-corrected chi connectivity index (χ0v) is 16.8. The van der Waals surface area contributed by atoms with Crippen LogP contribution in [0.1, 0.15) is 52.3 Å². The Labute approximate surface area is 163 Å². The number of nitrogens with zero attached hydrogens (tertiary/aromatic N) is 1. The van der Waals surface area contributed by atoms with Crippen molar-refractivity contribution in [1.29, 1.82) is 0 Å². The molecule has 0 aromatic carbocycles. The molecule has 1 amide bonds. The minimum absolute atomic E-state index is 0.204. The summed E-state index contributed by atoms with van der Waals surface area (Å²) >= 11 is 1.08. The Balaban J connectivity index is 2.28. The van der Waals surface area contributed by atoms with Gasteiger partial charge in [0.25, 0.3) is 5.91 Å². The van der Waals surface area contributed by atoms with Gasteiger partial charge in [-0.25, -0.2) is 4.79 Å². The smallest absolute Gasteiger partial charge is 0.341 e. The predicted molar refractivity (Wildman–Crippen MR) is 103 cm³/mol. The van der Waals surface area contributed by atoms with Gasteiger partial charge in [-0.2, -0.15) is 0 Å². The maximum atomic E-state index is 12.4. The normalized spacial score (nSPS) is 17.4. The molecule has 1 aliphatic heterocycles. The van der Waals surface area contributed by atoms with Crippen molar-refractivity contribution < 1.29 is 23.9 Å². The summed E-state index contributed by atoms with van der Waals surface area (Å²) in [4.78, 5) is 39.2. The van der Waals surface area contributed by atoms with Crippen molar-refractivity contribution in [2.45, 2.75) is 33.2 Å². The third-order valence-electron chi connectivity index (χ3n) is 4.45. The maximum Gasteiger partial charge on any atom is 0.341 e.